The van der Waals surface area contributed by atoms with E-state index in [1.807, 2.05) is 13.0 Å². The van der Waals surface area contributed by atoms with E-state index >= 15 is 0 Å². The molecule has 0 aliphatic carbocycles. The molecule has 0 saturated heterocycles. The highest BCUT2D eigenvalue weighted by Gasteiger charge is 2.29. The second-order valence-electron chi connectivity index (χ2n) is 7.10. The molecule has 1 amide bonds. The first-order chi connectivity index (χ1) is 13.2. The summed E-state index contributed by atoms with van der Waals surface area (Å²) in [7, 11) is -3.61. The molecule has 2 aromatic rings. The van der Waals surface area contributed by atoms with Gasteiger partial charge in [-0.3, -0.25) is 9.10 Å². The summed E-state index contributed by atoms with van der Waals surface area (Å²) in [4.78, 5) is 12.8. The quantitative estimate of drug-likeness (QED) is 0.734. The van der Waals surface area contributed by atoms with E-state index in [4.69, 9.17) is 0 Å². The lowest BCUT2D eigenvalue weighted by molar-refractivity contribution is -0.122. The maximum Gasteiger partial charge on any atom is 0.243 e. The SMILES string of the molecule is CCc1ccc(CC)c(CNC(=O)[C@H](C)N(c2cccc(C)c2)S(C)(=O)=O)c1. The Morgan fingerprint density at radius 1 is 1.07 bits per heavy atom. The molecule has 0 spiro atoms. The molecule has 0 aliphatic rings. The second-order valence-corrected chi connectivity index (χ2v) is 8.96. The van der Waals surface area contributed by atoms with Crippen LogP contribution in [0, 0.1) is 6.92 Å². The minimum absolute atomic E-state index is 0.323. The van der Waals surface area contributed by atoms with Crippen LogP contribution in [-0.4, -0.2) is 26.6 Å². The number of rotatable bonds is 8. The summed E-state index contributed by atoms with van der Waals surface area (Å²) in [6.07, 6.45) is 2.93. The van der Waals surface area contributed by atoms with Gasteiger partial charge >= 0.3 is 0 Å². The molecule has 0 aromatic heterocycles. The number of benzene rings is 2. The van der Waals surface area contributed by atoms with E-state index in [0.29, 0.717) is 12.2 Å². The van der Waals surface area contributed by atoms with Crippen molar-refractivity contribution >= 4 is 21.6 Å². The van der Waals surface area contributed by atoms with Gasteiger partial charge in [0.2, 0.25) is 15.9 Å². The molecule has 0 radical (unpaired) electrons. The van der Waals surface area contributed by atoms with E-state index in [0.717, 1.165) is 30.2 Å². The van der Waals surface area contributed by atoms with Crippen molar-refractivity contribution in [2.45, 2.75) is 53.1 Å². The number of sulfonamides is 1. The van der Waals surface area contributed by atoms with E-state index in [-0.39, 0.29) is 5.91 Å². The molecule has 0 bridgehead atoms. The number of aryl methyl sites for hydroxylation is 3. The third-order valence-corrected chi connectivity index (χ3v) is 6.10. The molecule has 0 unspecified atom stereocenters. The highest BCUT2D eigenvalue weighted by Crippen LogP contribution is 2.22. The first-order valence-electron chi connectivity index (χ1n) is 9.61. The summed E-state index contributed by atoms with van der Waals surface area (Å²) in [5, 5.41) is 2.92. The van der Waals surface area contributed by atoms with Crippen LogP contribution in [0.4, 0.5) is 5.69 Å². The minimum atomic E-state index is -3.61. The van der Waals surface area contributed by atoms with Crippen LogP contribution < -0.4 is 9.62 Å². The van der Waals surface area contributed by atoms with Crippen molar-refractivity contribution in [2.75, 3.05) is 10.6 Å². The minimum Gasteiger partial charge on any atom is -0.350 e. The Labute approximate surface area is 168 Å². The van der Waals surface area contributed by atoms with Crippen LogP contribution in [0.2, 0.25) is 0 Å². The number of amides is 1. The first-order valence-corrected chi connectivity index (χ1v) is 11.5. The smallest absolute Gasteiger partial charge is 0.243 e. The number of anilines is 1. The molecule has 2 rings (SSSR count). The third-order valence-electron chi connectivity index (χ3n) is 4.86. The van der Waals surface area contributed by atoms with Crippen molar-refractivity contribution in [3.63, 3.8) is 0 Å². The fraction of sp³-hybridized carbons (Fsp3) is 0.409. The predicted octanol–water partition coefficient (Wildman–Crippen LogP) is 3.59. The van der Waals surface area contributed by atoms with Crippen LogP contribution in [0.3, 0.4) is 0 Å². The van der Waals surface area contributed by atoms with Gasteiger partial charge in [0, 0.05) is 6.54 Å². The molecule has 0 aliphatic heterocycles. The number of hydrogen-bond acceptors (Lipinski definition) is 3. The van der Waals surface area contributed by atoms with Crippen molar-refractivity contribution in [1.29, 1.82) is 0 Å². The topological polar surface area (TPSA) is 66.5 Å². The van der Waals surface area contributed by atoms with Gasteiger partial charge in [0.05, 0.1) is 11.9 Å². The van der Waals surface area contributed by atoms with Crippen LogP contribution >= 0.6 is 0 Å². The number of carbonyl (C=O) groups is 1. The van der Waals surface area contributed by atoms with Gasteiger partial charge in [0.1, 0.15) is 6.04 Å². The zero-order valence-corrected chi connectivity index (χ0v) is 18.1. The normalized spacial score (nSPS) is 12.5. The molecular weight excluding hydrogens is 372 g/mol. The lowest BCUT2D eigenvalue weighted by Gasteiger charge is -2.28. The van der Waals surface area contributed by atoms with Crippen molar-refractivity contribution < 1.29 is 13.2 Å². The molecule has 6 heteroatoms. The number of carbonyl (C=O) groups excluding carboxylic acids is 1. The molecule has 0 fully saturated rings. The van der Waals surface area contributed by atoms with Gasteiger partial charge in [-0.1, -0.05) is 44.2 Å². The zero-order valence-electron chi connectivity index (χ0n) is 17.3. The van der Waals surface area contributed by atoms with Gasteiger partial charge in [-0.25, -0.2) is 8.42 Å². The van der Waals surface area contributed by atoms with Gasteiger partial charge in [0.15, 0.2) is 0 Å². The largest absolute Gasteiger partial charge is 0.350 e. The lowest BCUT2D eigenvalue weighted by atomic mass is 10.0. The molecule has 0 saturated carbocycles. The average Bonchev–Trinajstić information content (AvgIpc) is 2.64. The highest BCUT2D eigenvalue weighted by atomic mass is 32.2. The van der Waals surface area contributed by atoms with Crippen molar-refractivity contribution in [1.82, 2.24) is 5.32 Å². The fourth-order valence-corrected chi connectivity index (χ4v) is 4.48. The van der Waals surface area contributed by atoms with E-state index < -0.39 is 16.1 Å². The van der Waals surface area contributed by atoms with E-state index in [1.54, 1.807) is 25.1 Å². The highest BCUT2D eigenvalue weighted by molar-refractivity contribution is 7.92. The molecule has 1 atom stereocenters. The Morgan fingerprint density at radius 2 is 1.79 bits per heavy atom. The summed E-state index contributed by atoms with van der Waals surface area (Å²) in [6.45, 7) is 8.06. The lowest BCUT2D eigenvalue weighted by Crippen LogP contribution is -2.47. The van der Waals surface area contributed by atoms with Crippen molar-refractivity contribution in [3.8, 4) is 0 Å². The van der Waals surface area contributed by atoms with Gasteiger partial charge in [-0.05, 0) is 61.1 Å². The summed E-state index contributed by atoms with van der Waals surface area (Å²) in [5.74, 6) is -0.323. The van der Waals surface area contributed by atoms with Gasteiger partial charge < -0.3 is 5.32 Å². The Balaban J connectivity index is 2.22. The Bertz CT molecular complexity index is 939. The molecule has 152 valence electrons. The third kappa shape index (κ3) is 5.35. The maximum absolute atomic E-state index is 12.8. The fourth-order valence-electron chi connectivity index (χ4n) is 3.31. The van der Waals surface area contributed by atoms with Gasteiger partial charge in [0.25, 0.3) is 0 Å². The summed E-state index contributed by atoms with van der Waals surface area (Å²) in [5.41, 5.74) is 4.90. The monoisotopic (exact) mass is 402 g/mol. The van der Waals surface area contributed by atoms with Crippen LogP contribution in [0.25, 0.3) is 0 Å². The Hall–Kier alpha value is -2.34. The predicted molar refractivity (Wildman–Crippen MR) is 115 cm³/mol. The molecule has 28 heavy (non-hydrogen) atoms. The standard InChI is InChI=1S/C22H30N2O3S/c1-6-18-11-12-19(7-2)20(14-18)15-23-22(25)17(4)24(28(5,26)27)21-10-8-9-16(3)13-21/h8-14,17H,6-7,15H2,1-5H3,(H,23,25)/t17-/m0/s1. The number of nitrogens with one attached hydrogen (secondary N) is 1. The Kier molecular flexibility index (Phi) is 7.24. The van der Waals surface area contributed by atoms with E-state index in [9.17, 15) is 13.2 Å². The molecular formula is C22H30N2O3S. The molecule has 2 aromatic carbocycles. The zero-order chi connectivity index (χ0) is 20.9. The van der Waals surface area contributed by atoms with E-state index in [2.05, 4.69) is 37.4 Å². The van der Waals surface area contributed by atoms with Crippen LogP contribution in [0.5, 0.6) is 0 Å². The van der Waals surface area contributed by atoms with Crippen LogP contribution in [0.1, 0.15) is 43.0 Å². The van der Waals surface area contributed by atoms with Crippen LogP contribution in [-0.2, 0) is 34.2 Å². The average molecular weight is 403 g/mol. The second kappa shape index (κ2) is 9.24. The number of hydrogen-bond donors (Lipinski definition) is 1. The van der Waals surface area contributed by atoms with E-state index in [1.165, 1.54) is 15.4 Å². The summed E-state index contributed by atoms with van der Waals surface area (Å²) in [6, 6.07) is 12.6. The molecule has 0 heterocycles. The molecule has 5 nitrogen and oxygen atoms in total. The summed E-state index contributed by atoms with van der Waals surface area (Å²) >= 11 is 0. The van der Waals surface area contributed by atoms with Crippen molar-refractivity contribution in [3.05, 3.63) is 64.7 Å². The Morgan fingerprint density at radius 3 is 2.36 bits per heavy atom. The van der Waals surface area contributed by atoms with Gasteiger partial charge in [-0.15, -0.1) is 0 Å². The first kappa shape index (κ1) is 22.0. The van der Waals surface area contributed by atoms with Crippen LogP contribution in [0.15, 0.2) is 42.5 Å². The van der Waals surface area contributed by atoms with Gasteiger partial charge in [-0.2, -0.15) is 0 Å². The number of nitrogens with zero attached hydrogens (tertiary/aromatic N) is 1. The maximum atomic E-state index is 12.8. The van der Waals surface area contributed by atoms with Crippen molar-refractivity contribution in [2.24, 2.45) is 0 Å². The molecule has 1 N–H and O–H groups in total. The summed E-state index contributed by atoms with van der Waals surface area (Å²) < 4.78 is 26.0.